The number of pyridine rings is 1. The van der Waals surface area contributed by atoms with Gasteiger partial charge in [0, 0.05) is 24.5 Å². The van der Waals surface area contributed by atoms with Crippen LogP contribution in [0.25, 0.3) is 10.9 Å². The largest absolute Gasteiger partial charge is 0.391 e. The standard InChI is InChI=1S/C16H21N3O/c1-18(2)10-13-9-14(20)11-19(13)16-8-7-12-5-3-4-6-15(12)17-16/h3-8,13-14,20H,9-11H2,1-2H3. The molecule has 1 fully saturated rings. The van der Waals surface area contributed by atoms with Gasteiger partial charge in [0.25, 0.3) is 0 Å². The molecular formula is C16H21N3O. The van der Waals surface area contributed by atoms with Gasteiger partial charge in [0.15, 0.2) is 0 Å². The highest BCUT2D eigenvalue weighted by Crippen LogP contribution is 2.26. The summed E-state index contributed by atoms with van der Waals surface area (Å²) in [6, 6.07) is 12.6. The molecule has 1 aliphatic rings. The summed E-state index contributed by atoms with van der Waals surface area (Å²) in [4.78, 5) is 9.14. The summed E-state index contributed by atoms with van der Waals surface area (Å²) in [5.41, 5.74) is 1.01. The highest BCUT2D eigenvalue weighted by atomic mass is 16.3. The number of fused-ring (bicyclic) bond motifs is 1. The predicted octanol–water partition coefficient (Wildman–Crippen LogP) is 1.74. The molecule has 0 spiro atoms. The Morgan fingerprint density at radius 2 is 2.05 bits per heavy atom. The number of aliphatic hydroxyl groups excluding tert-OH is 1. The Hall–Kier alpha value is -1.65. The van der Waals surface area contributed by atoms with Crippen molar-refractivity contribution in [3.63, 3.8) is 0 Å². The number of aromatic nitrogens is 1. The van der Waals surface area contributed by atoms with Gasteiger partial charge in [0.2, 0.25) is 0 Å². The van der Waals surface area contributed by atoms with E-state index in [1.807, 2.05) is 18.2 Å². The lowest BCUT2D eigenvalue weighted by Gasteiger charge is -2.27. The zero-order chi connectivity index (χ0) is 14.1. The molecule has 1 aromatic carbocycles. The summed E-state index contributed by atoms with van der Waals surface area (Å²) in [7, 11) is 4.13. The van der Waals surface area contributed by atoms with Crippen molar-refractivity contribution in [1.29, 1.82) is 0 Å². The zero-order valence-electron chi connectivity index (χ0n) is 12.0. The van der Waals surface area contributed by atoms with Crippen molar-refractivity contribution in [1.82, 2.24) is 9.88 Å². The lowest BCUT2D eigenvalue weighted by atomic mass is 10.2. The summed E-state index contributed by atoms with van der Waals surface area (Å²) in [5, 5.41) is 11.1. The molecule has 1 aliphatic heterocycles. The smallest absolute Gasteiger partial charge is 0.129 e. The van der Waals surface area contributed by atoms with E-state index < -0.39 is 0 Å². The van der Waals surface area contributed by atoms with Crippen molar-refractivity contribution in [2.75, 3.05) is 32.1 Å². The zero-order valence-corrected chi connectivity index (χ0v) is 12.0. The van der Waals surface area contributed by atoms with E-state index >= 15 is 0 Å². The Kier molecular flexibility index (Phi) is 3.59. The van der Waals surface area contributed by atoms with Crippen molar-refractivity contribution in [3.05, 3.63) is 36.4 Å². The van der Waals surface area contributed by atoms with Crippen LogP contribution in [0.1, 0.15) is 6.42 Å². The third kappa shape index (κ3) is 2.62. The number of rotatable bonds is 3. The third-order valence-electron chi connectivity index (χ3n) is 3.85. The average Bonchev–Trinajstić information content (AvgIpc) is 2.78. The minimum atomic E-state index is -0.256. The number of aliphatic hydroxyl groups is 1. The maximum Gasteiger partial charge on any atom is 0.129 e. The van der Waals surface area contributed by atoms with Gasteiger partial charge in [-0.25, -0.2) is 4.98 Å². The third-order valence-corrected chi connectivity index (χ3v) is 3.85. The van der Waals surface area contributed by atoms with E-state index in [0.717, 1.165) is 29.7 Å². The molecule has 106 valence electrons. The summed E-state index contributed by atoms with van der Waals surface area (Å²) < 4.78 is 0. The first-order valence-electron chi connectivity index (χ1n) is 7.09. The average molecular weight is 271 g/mol. The van der Waals surface area contributed by atoms with E-state index in [-0.39, 0.29) is 6.10 Å². The van der Waals surface area contributed by atoms with Crippen LogP contribution in [0, 0.1) is 0 Å². The lowest BCUT2D eigenvalue weighted by molar-refractivity contribution is 0.191. The van der Waals surface area contributed by atoms with Crippen molar-refractivity contribution >= 4 is 16.7 Å². The van der Waals surface area contributed by atoms with Crippen molar-refractivity contribution in [2.45, 2.75) is 18.6 Å². The normalized spacial score (nSPS) is 22.9. The van der Waals surface area contributed by atoms with E-state index in [0.29, 0.717) is 12.6 Å². The van der Waals surface area contributed by atoms with Gasteiger partial charge in [-0.15, -0.1) is 0 Å². The van der Waals surface area contributed by atoms with Gasteiger partial charge in [-0.05, 0) is 38.7 Å². The molecule has 0 radical (unpaired) electrons. The number of hydrogen-bond acceptors (Lipinski definition) is 4. The number of para-hydroxylation sites is 1. The first-order valence-corrected chi connectivity index (χ1v) is 7.09. The summed E-state index contributed by atoms with van der Waals surface area (Å²) >= 11 is 0. The van der Waals surface area contributed by atoms with Crippen LogP contribution in [-0.2, 0) is 0 Å². The fourth-order valence-electron chi connectivity index (χ4n) is 2.98. The molecule has 0 amide bonds. The minimum Gasteiger partial charge on any atom is -0.391 e. The van der Waals surface area contributed by atoms with Gasteiger partial charge in [-0.1, -0.05) is 18.2 Å². The molecule has 4 heteroatoms. The molecule has 2 aromatic rings. The fraction of sp³-hybridized carbons (Fsp3) is 0.438. The van der Waals surface area contributed by atoms with Crippen LogP contribution in [0.15, 0.2) is 36.4 Å². The first-order chi connectivity index (χ1) is 9.63. The molecule has 1 aromatic heterocycles. The van der Waals surface area contributed by atoms with Crippen molar-refractivity contribution in [3.8, 4) is 0 Å². The van der Waals surface area contributed by atoms with Crippen LogP contribution in [0.3, 0.4) is 0 Å². The van der Waals surface area contributed by atoms with Gasteiger partial charge < -0.3 is 14.9 Å². The Morgan fingerprint density at radius 1 is 1.25 bits per heavy atom. The maximum absolute atomic E-state index is 9.97. The lowest BCUT2D eigenvalue weighted by Crippen LogP contribution is -2.38. The van der Waals surface area contributed by atoms with Crippen LogP contribution in [0.4, 0.5) is 5.82 Å². The summed E-state index contributed by atoms with van der Waals surface area (Å²) in [6.07, 6.45) is 0.556. The SMILES string of the molecule is CN(C)CC1CC(O)CN1c1ccc2ccccc2n1. The molecule has 2 heterocycles. The predicted molar refractivity (Wildman–Crippen MR) is 82.1 cm³/mol. The van der Waals surface area contributed by atoms with Crippen LogP contribution in [0.2, 0.25) is 0 Å². The highest BCUT2D eigenvalue weighted by molar-refractivity contribution is 5.80. The minimum absolute atomic E-state index is 0.256. The Morgan fingerprint density at radius 3 is 2.85 bits per heavy atom. The topological polar surface area (TPSA) is 39.6 Å². The first kappa shape index (κ1) is 13.3. The van der Waals surface area contributed by atoms with Crippen LogP contribution >= 0.6 is 0 Å². The van der Waals surface area contributed by atoms with E-state index in [1.54, 1.807) is 0 Å². The molecule has 2 atom stereocenters. The molecule has 0 saturated carbocycles. The molecule has 3 rings (SSSR count). The molecule has 0 bridgehead atoms. The van der Waals surface area contributed by atoms with Gasteiger partial charge in [-0.2, -0.15) is 0 Å². The van der Waals surface area contributed by atoms with Gasteiger partial charge in [0.05, 0.1) is 11.6 Å². The molecule has 1 N–H and O–H groups in total. The summed E-state index contributed by atoms with van der Waals surface area (Å²) in [5.74, 6) is 0.965. The van der Waals surface area contributed by atoms with E-state index in [1.165, 1.54) is 0 Å². The van der Waals surface area contributed by atoms with Crippen molar-refractivity contribution in [2.24, 2.45) is 0 Å². The second kappa shape index (κ2) is 5.38. The summed E-state index contributed by atoms with van der Waals surface area (Å²) in [6.45, 7) is 1.61. The van der Waals surface area contributed by atoms with Gasteiger partial charge in [0.1, 0.15) is 5.82 Å². The van der Waals surface area contributed by atoms with Crippen LogP contribution in [0.5, 0.6) is 0 Å². The number of likely N-dealkylation sites (N-methyl/N-ethyl adjacent to an activating group) is 1. The maximum atomic E-state index is 9.97. The molecule has 1 saturated heterocycles. The number of hydrogen-bond donors (Lipinski definition) is 1. The van der Waals surface area contributed by atoms with Gasteiger partial charge >= 0.3 is 0 Å². The van der Waals surface area contributed by atoms with E-state index in [4.69, 9.17) is 4.98 Å². The number of benzene rings is 1. The van der Waals surface area contributed by atoms with Crippen LogP contribution in [-0.4, -0.2) is 54.3 Å². The van der Waals surface area contributed by atoms with Crippen LogP contribution < -0.4 is 4.90 Å². The second-order valence-electron chi connectivity index (χ2n) is 5.82. The van der Waals surface area contributed by atoms with Gasteiger partial charge in [-0.3, -0.25) is 0 Å². The second-order valence-corrected chi connectivity index (χ2v) is 5.82. The Labute approximate surface area is 119 Å². The van der Waals surface area contributed by atoms with Crippen molar-refractivity contribution < 1.29 is 5.11 Å². The fourth-order valence-corrected chi connectivity index (χ4v) is 2.98. The molecule has 0 aliphatic carbocycles. The number of anilines is 1. The Bertz CT molecular complexity index is 599. The quantitative estimate of drug-likeness (QED) is 0.923. The molecule has 4 nitrogen and oxygen atoms in total. The number of nitrogens with zero attached hydrogens (tertiary/aromatic N) is 3. The number of β-amino-alcohol motifs (C(OH)–C–C–N with tert-alkyl or cyclic N) is 1. The monoisotopic (exact) mass is 271 g/mol. The molecule has 20 heavy (non-hydrogen) atoms. The molecule has 2 unspecified atom stereocenters. The highest BCUT2D eigenvalue weighted by Gasteiger charge is 2.32. The van der Waals surface area contributed by atoms with E-state index in [9.17, 15) is 5.11 Å². The Balaban J connectivity index is 1.92. The van der Waals surface area contributed by atoms with E-state index in [2.05, 4.69) is 42.1 Å². The molecular weight excluding hydrogens is 250 g/mol.